The van der Waals surface area contributed by atoms with Crippen LogP contribution >= 0.6 is 0 Å². The molecule has 5 heteroatoms. The van der Waals surface area contributed by atoms with Crippen molar-refractivity contribution in [1.82, 2.24) is 10.2 Å². The van der Waals surface area contributed by atoms with E-state index in [-0.39, 0.29) is 0 Å². The molecule has 1 rings (SSSR count). The van der Waals surface area contributed by atoms with Crippen molar-refractivity contribution in [2.24, 2.45) is 5.92 Å². The van der Waals surface area contributed by atoms with Crippen molar-refractivity contribution in [3.05, 3.63) is 0 Å². The first-order valence-electron chi connectivity index (χ1n) is 7.98. The summed E-state index contributed by atoms with van der Waals surface area (Å²) in [5.74, 6) is 0.550. The first-order chi connectivity index (χ1) is 9.46. The molecule has 120 valence electrons. The summed E-state index contributed by atoms with van der Waals surface area (Å²) >= 11 is 0. The van der Waals surface area contributed by atoms with Crippen molar-refractivity contribution < 1.29 is 13.2 Å². The number of nitrogens with zero attached hydrogens (tertiary/aromatic N) is 1. The van der Waals surface area contributed by atoms with Crippen LogP contribution in [0.4, 0.5) is 13.2 Å². The van der Waals surface area contributed by atoms with Crippen molar-refractivity contribution in [2.75, 3.05) is 26.2 Å². The molecule has 1 N–H and O–H groups in total. The second-order valence-electron chi connectivity index (χ2n) is 5.93. The first-order valence-corrected chi connectivity index (χ1v) is 7.98. The highest BCUT2D eigenvalue weighted by Crippen LogP contribution is 2.29. The third-order valence-electron chi connectivity index (χ3n) is 4.07. The summed E-state index contributed by atoms with van der Waals surface area (Å²) < 4.78 is 37.6. The lowest BCUT2D eigenvalue weighted by atomic mass is 9.99. The van der Waals surface area contributed by atoms with Gasteiger partial charge in [0.25, 0.3) is 0 Å². The molecule has 1 aliphatic carbocycles. The number of alkyl halides is 3. The van der Waals surface area contributed by atoms with Gasteiger partial charge in [0, 0.05) is 6.04 Å². The highest BCUT2D eigenvalue weighted by molar-refractivity contribution is 4.83. The van der Waals surface area contributed by atoms with Gasteiger partial charge in [0.2, 0.25) is 0 Å². The number of hydrogen-bond acceptors (Lipinski definition) is 2. The van der Waals surface area contributed by atoms with E-state index in [1.807, 2.05) is 6.92 Å². The average molecular weight is 294 g/mol. The van der Waals surface area contributed by atoms with E-state index in [4.69, 9.17) is 0 Å². The van der Waals surface area contributed by atoms with Gasteiger partial charge in [-0.05, 0) is 57.7 Å². The van der Waals surface area contributed by atoms with Crippen molar-refractivity contribution in [2.45, 2.75) is 64.6 Å². The Morgan fingerprint density at radius 2 is 1.85 bits per heavy atom. The van der Waals surface area contributed by atoms with Crippen LogP contribution in [0, 0.1) is 5.92 Å². The number of nitrogens with one attached hydrogen (secondary N) is 1. The summed E-state index contributed by atoms with van der Waals surface area (Å²) in [5, 5.41) is 3.54. The van der Waals surface area contributed by atoms with Gasteiger partial charge in [-0.2, -0.15) is 13.2 Å². The van der Waals surface area contributed by atoms with Crippen LogP contribution in [0.15, 0.2) is 0 Å². The molecule has 0 aliphatic heterocycles. The Kier molecular flexibility index (Phi) is 7.88. The highest BCUT2D eigenvalue weighted by Gasteiger charge is 2.32. The van der Waals surface area contributed by atoms with Gasteiger partial charge in [-0.1, -0.05) is 20.3 Å². The Labute approximate surface area is 121 Å². The van der Waals surface area contributed by atoms with Crippen molar-refractivity contribution in [3.8, 4) is 0 Å². The molecule has 2 nitrogen and oxygen atoms in total. The minimum Gasteiger partial charge on any atom is -0.314 e. The number of hydrogen-bond donors (Lipinski definition) is 1. The summed E-state index contributed by atoms with van der Waals surface area (Å²) in [7, 11) is 0. The molecule has 2 unspecified atom stereocenters. The van der Waals surface area contributed by atoms with E-state index in [0.29, 0.717) is 25.0 Å². The fourth-order valence-corrected chi connectivity index (χ4v) is 3.17. The molecule has 0 aromatic rings. The summed E-state index contributed by atoms with van der Waals surface area (Å²) in [4.78, 5) is 1.56. The Balaban J connectivity index is 2.37. The van der Waals surface area contributed by atoms with Crippen LogP contribution in [-0.4, -0.2) is 43.3 Å². The van der Waals surface area contributed by atoms with Gasteiger partial charge in [0.05, 0.1) is 6.54 Å². The van der Waals surface area contributed by atoms with E-state index in [9.17, 15) is 13.2 Å². The molecule has 2 atom stereocenters. The van der Waals surface area contributed by atoms with Crippen LogP contribution in [0.5, 0.6) is 0 Å². The fourth-order valence-electron chi connectivity index (χ4n) is 3.17. The minimum atomic E-state index is -4.08. The van der Waals surface area contributed by atoms with Gasteiger partial charge in [-0.3, -0.25) is 4.90 Å². The standard InChI is InChI=1S/C15H29F3N2/c1-3-9-19-14-7-5-6-13(14)8-11-20(10-4-2)12-15(16,17)18/h13-14,19H,3-12H2,1-2H3. The van der Waals surface area contributed by atoms with Crippen LogP contribution < -0.4 is 5.32 Å². The molecule has 0 amide bonds. The third-order valence-corrected chi connectivity index (χ3v) is 4.07. The molecule has 1 saturated carbocycles. The van der Waals surface area contributed by atoms with Crippen LogP contribution in [0.1, 0.15) is 52.4 Å². The summed E-state index contributed by atoms with van der Waals surface area (Å²) in [6.45, 7) is 5.44. The van der Waals surface area contributed by atoms with Crippen LogP contribution in [-0.2, 0) is 0 Å². The third kappa shape index (κ3) is 6.93. The van der Waals surface area contributed by atoms with E-state index in [1.165, 1.54) is 12.8 Å². The fraction of sp³-hybridized carbons (Fsp3) is 1.00. The summed E-state index contributed by atoms with van der Waals surface area (Å²) in [5.41, 5.74) is 0. The van der Waals surface area contributed by atoms with E-state index in [1.54, 1.807) is 4.90 Å². The maximum atomic E-state index is 12.5. The molecule has 0 radical (unpaired) electrons. The Bertz CT molecular complexity index is 256. The van der Waals surface area contributed by atoms with E-state index in [2.05, 4.69) is 12.2 Å². The van der Waals surface area contributed by atoms with Gasteiger partial charge < -0.3 is 5.32 Å². The molecular formula is C15H29F3N2. The quantitative estimate of drug-likeness (QED) is 0.695. The summed E-state index contributed by atoms with van der Waals surface area (Å²) in [6, 6.07) is 0.518. The second kappa shape index (κ2) is 8.88. The molecule has 0 bridgehead atoms. The number of rotatable bonds is 9. The molecule has 0 aromatic carbocycles. The van der Waals surface area contributed by atoms with Gasteiger partial charge in [-0.25, -0.2) is 0 Å². The van der Waals surface area contributed by atoms with Gasteiger partial charge >= 0.3 is 6.18 Å². The molecule has 0 saturated heterocycles. The van der Waals surface area contributed by atoms with Gasteiger partial charge in [-0.15, -0.1) is 0 Å². The Morgan fingerprint density at radius 1 is 1.10 bits per heavy atom. The monoisotopic (exact) mass is 294 g/mol. The summed E-state index contributed by atoms with van der Waals surface area (Å²) in [6.07, 6.45) is 2.24. The lowest BCUT2D eigenvalue weighted by Gasteiger charge is -2.27. The van der Waals surface area contributed by atoms with E-state index in [0.717, 1.165) is 32.2 Å². The lowest BCUT2D eigenvalue weighted by molar-refractivity contribution is -0.146. The topological polar surface area (TPSA) is 15.3 Å². The minimum absolute atomic E-state index is 0.518. The Hall–Kier alpha value is -0.290. The van der Waals surface area contributed by atoms with Crippen LogP contribution in [0.3, 0.4) is 0 Å². The van der Waals surface area contributed by atoms with Crippen LogP contribution in [0.2, 0.25) is 0 Å². The van der Waals surface area contributed by atoms with E-state index >= 15 is 0 Å². The number of halogens is 3. The van der Waals surface area contributed by atoms with Crippen LogP contribution in [0.25, 0.3) is 0 Å². The Morgan fingerprint density at radius 3 is 2.45 bits per heavy atom. The molecule has 20 heavy (non-hydrogen) atoms. The zero-order valence-corrected chi connectivity index (χ0v) is 12.8. The first kappa shape index (κ1) is 17.8. The zero-order valence-electron chi connectivity index (χ0n) is 12.8. The molecule has 0 aromatic heterocycles. The van der Waals surface area contributed by atoms with Gasteiger partial charge in [0.1, 0.15) is 0 Å². The molecule has 0 spiro atoms. The van der Waals surface area contributed by atoms with Gasteiger partial charge in [0.15, 0.2) is 0 Å². The average Bonchev–Trinajstić information content (AvgIpc) is 2.79. The smallest absolute Gasteiger partial charge is 0.314 e. The maximum absolute atomic E-state index is 12.5. The highest BCUT2D eigenvalue weighted by atomic mass is 19.4. The van der Waals surface area contributed by atoms with Crippen molar-refractivity contribution in [3.63, 3.8) is 0 Å². The predicted octanol–water partition coefficient (Wildman–Crippen LogP) is 3.82. The maximum Gasteiger partial charge on any atom is 0.401 e. The molecule has 1 aliphatic rings. The lowest BCUT2D eigenvalue weighted by Crippen LogP contribution is -2.38. The van der Waals surface area contributed by atoms with Crippen molar-refractivity contribution >= 4 is 0 Å². The second-order valence-corrected chi connectivity index (χ2v) is 5.93. The SMILES string of the molecule is CCCNC1CCCC1CCN(CCC)CC(F)(F)F. The zero-order chi connectivity index (χ0) is 15.0. The predicted molar refractivity (Wildman–Crippen MR) is 76.8 cm³/mol. The molecular weight excluding hydrogens is 265 g/mol. The van der Waals surface area contributed by atoms with E-state index < -0.39 is 12.7 Å². The largest absolute Gasteiger partial charge is 0.401 e. The molecule has 1 fully saturated rings. The van der Waals surface area contributed by atoms with Crippen molar-refractivity contribution in [1.29, 1.82) is 0 Å². The normalized spacial score (nSPS) is 23.7. The molecule has 0 heterocycles.